The molecule has 1 saturated carbocycles. The number of benzene rings is 1. The molecule has 0 spiro atoms. The van der Waals surface area contributed by atoms with Gasteiger partial charge in [0.25, 0.3) is 0 Å². The van der Waals surface area contributed by atoms with Gasteiger partial charge in [-0.15, -0.1) is 0 Å². The quantitative estimate of drug-likeness (QED) is 0.920. The number of piperidine rings is 1. The van der Waals surface area contributed by atoms with Crippen molar-refractivity contribution in [2.24, 2.45) is 11.8 Å². The average molecular weight is 324 g/mol. The van der Waals surface area contributed by atoms with Crippen molar-refractivity contribution < 1.29 is 9.90 Å². The minimum Gasteiger partial charge on any atom is -0.478 e. The molecule has 1 aliphatic carbocycles. The molecule has 0 radical (unpaired) electrons. The van der Waals surface area contributed by atoms with E-state index in [2.05, 4.69) is 20.8 Å². The van der Waals surface area contributed by atoms with Gasteiger partial charge in [-0.2, -0.15) is 0 Å². The molecule has 0 bridgehead atoms. The van der Waals surface area contributed by atoms with E-state index in [4.69, 9.17) is 0 Å². The molecule has 0 unspecified atom stereocenters. The Morgan fingerprint density at radius 1 is 1.16 bits per heavy atom. The van der Waals surface area contributed by atoms with E-state index >= 15 is 0 Å². The topological polar surface area (TPSA) is 40.5 Å². The summed E-state index contributed by atoms with van der Waals surface area (Å²) in [5, 5.41) is 9.30. The lowest BCUT2D eigenvalue weighted by atomic mass is 9.91. The van der Waals surface area contributed by atoms with E-state index in [1.165, 1.54) is 25.7 Å². The number of rotatable bonds is 3. The zero-order valence-electron chi connectivity index (χ0n) is 10.8. The van der Waals surface area contributed by atoms with Crippen molar-refractivity contribution in [2.75, 3.05) is 18.0 Å². The Hall–Kier alpha value is -1.03. The standard InChI is InChI=1S/C15H18BrNO2/c16-12-3-4-13(15(18)19)14(9-12)17-7-5-11(6-8-17)10-1-2-10/h3-4,9-11H,1-2,5-8H2,(H,18,19). The van der Waals surface area contributed by atoms with E-state index in [1.807, 2.05) is 6.07 Å². The van der Waals surface area contributed by atoms with E-state index in [9.17, 15) is 9.90 Å². The average Bonchev–Trinajstić information content (AvgIpc) is 3.23. The largest absolute Gasteiger partial charge is 0.478 e. The van der Waals surface area contributed by atoms with Gasteiger partial charge in [-0.1, -0.05) is 15.9 Å². The Balaban J connectivity index is 1.78. The highest BCUT2D eigenvalue weighted by Gasteiger charge is 2.33. The third kappa shape index (κ3) is 2.78. The lowest BCUT2D eigenvalue weighted by Gasteiger charge is -2.34. The molecular formula is C15H18BrNO2. The summed E-state index contributed by atoms with van der Waals surface area (Å²) in [6.45, 7) is 1.97. The van der Waals surface area contributed by atoms with Crippen LogP contribution >= 0.6 is 15.9 Å². The highest BCUT2D eigenvalue weighted by atomic mass is 79.9. The van der Waals surface area contributed by atoms with Crippen LogP contribution in [0.5, 0.6) is 0 Å². The summed E-state index contributed by atoms with van der Waals surface area (Å²) in [6, 6.07) is 5.42. The molecule has 1 saturated heterocycles. The number of hydrogen-bond acceptors (Lipinski definition) is 2. The van der Waals surface area contributed by atoms with Gasteiger partial charge < -0.3 is 10.0 Å². The Bertz CT molecular complexity index is 491. The Kier molecular flexibility index (Phi) is 3.52. The van der Waals surface area contributed by atoms with Gasteiger partial charge in [-0.3, -0.25) is 0 Å². The molecule has 102 valence electrons. The van der Waals surface area contributed by atoms with Crippen LogP contribution in [0.15, 0.2) is 22.7 Å². The summed E-state index contributed by atoms with van der Waals surface area (Å²) in [6.07, 6.45) is 5.22. The van der Waals surface area contributed by atoms with E-state index < -0.39 is 5.97 Å². The molecule has 0 amide bonds. The van der Waals surface area contributed by atoms with E-state index in [1.54, 1.807) is 12.1 Å². The fraction of sp³-hybridized carbons (Fsp3) is 0.533. The second kappa shape index (κ2) is 5.16. The third-order valence-corrected chi connectivity index (χ3v) is 4.85. The van der Waals surface area contributed by atoms with Crippen LogP contribution in [0.3, 0.4) is 0 Å². The van der Waals surface area contributed by atoms with Crippen LogP contribution in [0.4, 0.5) is 5.69 Å². The molecule has 1 heterocycles. The molecule has 2 aliphatic rings. The Labute approximate surface area is 121 Å². The number of halogens is 1. The summed E-state index contributed by atoms with van der Waals surface area (Å²) in [4.78, 5) is 13.5. The van der Waals surface area contributed by atoms with Gasteiger partial charge in [-0.05, 0) is 55.7 Å². The highest BCUT2D eigenvalue weighted by Crippen LogP contribution is 2.42. The molecular weight excluding hydrogens is 306 g/mol. The van der Waals surface area contributed by atoms with Crippen LogP contribution in [0.2, 0.25) is 0 Å². The molecule has 0 aromatic heterocycles. The second-order valence-electron chi connectivity index (χ2n) is 5.63. The maximum Gasteiger partial charge on any atom is 0.337 e. The first-order valence-corrected chi connectivity index (χ1v) is 7.72. The molecule has 3 rings (SSSR count). The summed E-state index contributed by atoms with van der Waals surface area (Å²) in [5.41, 5.74) is 1.27. The van der Waals surface area contributed by atoms with Gasteiger partial charge in [0.05, 0.1) is 11.3 Å². The van der Waals surface area contributed by atoms with Crippen LogP contribution in [0.1, 0.15) is 36.0 Å². The normalized spacial score (nSPS) is 20.6. The molecule has 1 aromatic rings. The molecule has 19 heavy (non-hydrogen) atoms. The van der Waals surface area contributed by atoms with Gasteiger partial charge in [0.2, 0.25) is 0 Å². The second-order valence-corrected chi connectivity index (χ2v) is 6.54. The summed E-state index contributed by atoms with van der Waals surface area (Å²) in [7, 11) is 0. The molecule has 2 fully saturated rings. The fourth-order valence-corrected chi connectivity index (χ4v) is 3.48. The Morgan fingerprint density at radius 3 is 2.37 bits per heavy atom. The number of anilines is 1. The number of aromatic carboxylic acids is 1. The summed E-state index contributed by atoms with van der Waals surface area (Å²) < 4.78 is 0.941. The summed E-state index contributed by atoms with van der Waals surface area (Å²) in [5.74, 6) is 0.993. The predicted octanol–water partition coefficient (Wildman–Crippen LogP) is 3.77. The monoisotopic (exact) mass is 323 g/mol. The van der Waals surface area contributed by atoms with Crippen molar-refractivity contribution in [2.45, 2.75) is 25.7 Å². The maximum absolute atomic E-state index is 11.3. The zero-order valence-corrected chi connectivity index (χ0v) is 12.4. The maximum atomic E-state index is 11.3. The van der Waals surface area contributed by atoms with Crippen LogP contribution in [-0.2, 0) is 0 Å². The van der Waals surface area contributed by atoms with Crippen molar-refractivity contribution in [1.82, 2.24) is 0 Å². The van der Waals surface area contributed by atoms with Crippen molar-refractivity contribution in [3.05, 3.63) is 28.2 Å². The predicted molar refractivity (Wildman–Crippen MR) is 78.8 cm³/mol. The minimum absolute atomic E-state index is 0.410. The van der Waals surface area contributed by atoms with Gasteiger partial charge >= 0.3 is 5.97 Å². The van der Waals surface area contributed by atoms with E-state index in [0.717, 1.165) is 35.1 Å². The number of hydrogen-bond donors (Lipinski definition) is 1. The van der Waals surface area contributed by atoms with Crippen LogP contribution in [-0.4, -0.2) is 24.2 Å². The van der Waals surface area contributed by atoms with Crippen LogP contribution in [0.25, 0.3) is 0 Å². The minimum atomic E-state index is -0.841. The number of carboxylic acids is 1. The first-order valence-electron chi connectivity index (χ1n) is 6.93. The van der Waals surface area contributed by atoms with Crippen LogP contribution < -0.4 is 4.90 Å². The van der Waals surface area contributed by atoms with Gasteiger partial charge in [0.15, 0.2) is 0 Å². The molecule has 1 aliphatic heterocycles. The fourth-order valence-electron chi connectivity index (χ4n) is 3.13. The van der Waals surface area contributed by atoms with Crippen molar-refractivity contribution in [3.8, 4) is 0 Å². The molecule has 4 heteroatoms. The third-order valence-electron chi connectivity index (χ3n) is 4.36. The molecule has 0 atom stereocenters. The van der Waals surface area contributed by atoms with Crippen molar-refractivity contribution in [1.29, 1.82) is 0 Å². The lowest BCUT2D eigenvalue weighted by molar-refractivity contribution is 0.0697. The molecule has 3 nitrogen and oxygen atoms in total. The highest BCUT2D eigenvalue weighted by molar-refractivity contribution is 9.10. The molecule has 1 aromatic carbocycles. The SMILES string of the molecule is O=C(O)c1ccc(Br)cc1N1CCC(C2CC2)CC1. The molecule has 1 N–H and O–H groups in total. The van der Waals surface area contributed by atoms with Gasteiger partial charge in [-0.25, -0.2) is 4.79 Å². The smallest absolute Gasteiger partial charge is 0.337 e. The lowest BCUT2D eigenvalue weighted by Crippen LogP contribution is -2.35. The number of carbonyl (C=O) groups is 1. The first-order chi connectivity index (χ1) is 9.15. The summed E-state index contributed by atoms with van der Waals surface area (Å²) >= 11 is 3.44. The van der Waals surface area contributed by atoms with Crippen molar-refractivity contribution >= 4 is 27.6 Å². The first kappa shape index (κ1) is 13.0. The van der Waals surface area contributed by atoms with Crippen molar-refractivity contribution in [3.63, 3.8) is 0 Å². The van der Waals surface area contributed by atoms with Gasteiger partial charge in [0, 0.05) is 17.6 Å². The van der Waals surface area contributed by atoms with Gasteiger partial charge in [0.1, 0.15) is 0 Å². The van der Waals surface area contributed by atoms with E-state index in [-0.39, 0.29) is 0 Å². The number of carboxylic acid groups (broad SMARTS) is 1. The Morgan fingerprint density at radius 2 is 1.79 bits per heavy atom. The zero-order chi connectivity index (χ0) is 13.4. The van der Waals surface area contributed by atoms with Crippen LogP contribution in [0, 0.1) is 11.8 Å². The van der Waals surface area contributed by atoms with E-state index in [0.29, 0.717) is 5.56 Å². The number of nitrogens with zero attached hydrogens (tertiary/aromatic N) is 1.